The van der Waals surface area contributed by atoms with E-state index in [1.54, 1.807) is 0 Å². The summed E-state index contributed by atoms with van der Waals surface area (Å²) < 4.78 is 25.3. The summed E-state index contributed by atoms with van der Waals surface area (Å²) in [6.45, 7) is 5.93. The molecule has 2 aromatic rings. The minimum Gasteiger partial charge on any atom is -0.324 e. The van der Waals surface area contributed by atoms with Crippen LogP contribution in [0.4, 0.5) is 5.69 Å². The Morgan fingerprint density at radius 1 is 1.04 bits per heavy atom. The second-order valence-corrected chi connectivity index (χ2v) is 8.64. The number of aryl methyl sites for hydroxylation is 3. The third kappa shape index (κ3) is 5.68. The van der Waals surface area contributed by atoms with Crippen LogP contribution in [0.15, 0.2) is 42.5 Å². The summed E-state index contributed by atoms with van der Waals surface area (Å²) in [6.07, 6.45) is 1.69. The number of hydrogen-bond donors (Lipinski definition) is 1. The largest absolute Gasteiger partial charge is 0.324 e. The van der Waals surface area contributed by atoms with Gasteiger partial charge in [-0.2, -0.15) is 4.31 Å². The van der Waals surface area contributed by atoms with Crippen molar-refractivity contribution in [2.45, 2.75) is 27.2 Å². The number of nitrogens with zero attached hydrogens (tertiary/aromatic N) is 1. The van der Waals surface area contributed by atoms with E-state index >= 15 is 0 Å². The third-order valence-corrected chi connectivity index (χ3v) is 5.47. The standard InChI is InChI=1S/C20H26N2O3S/c1-15-12-16(2)20(17(3)13-15)21-19(23)14-22(26(4,24)25)11-10-18-8-6-5-7-9-18/h5-9,12-13H,10-11,14H2,1-4H3,(H,21,23). The molecule has 2 rings (SSSR count). The molecular formula is C20H26N2O3S. The van der Waals surface area contributed by atoms with Crippen LogP contribution in [0, 0.1) is 20.8 Å². The molecule has 5 nitrogen and oxygen atoms in total. The summed E-state index contributed by atoms with van der Waals surface area (Å²) in [5.74, 6) is -0.335. The number of anilines is 1. The van der Waals surface area contributed by atoms with Crippen LogP contribution in [0.2, 0.25) is 0 Å². The molecule has 1 amide bonds. The Kier molecular flexibility index (Phi) is 6.56. The van der Waals surface area contributed by atoms with Crippen molar-refractivity contribution in [2.75, 3.05) is 24.7 Å². The van der Waals surface area contributed by atoms with Crippen LogP contribution in [0.25, 0.3) is 0 Å². The number of rotatable bonds is 7. The monoisotopic (exact) mass is 374 g/mol. The molecule has 1 N–H and O–H groups in total. The van der Waals surface area contributed by atoms with Crippen molar-refractivity contribution >= 4 is 21.6 Å². The summed E-state index contributed by atoms with van der Waals surface area (Å²) in [5, 5.41) is 2.86. The van der Waals surface area contributed by atoms with E-state index in [4.69, 9.17) is 0 Å². The first-order valence-electron chi connectivity index (χ1n) is 8.53. The van der Waals surface area contributed by atoms with Crippen LogP contribution in [0.5, 0.6) is 0 Å². The van der Waals surface area contributed by atoms with E-state index in [0.29, 0.717) is 6.42 Å². The third-order valence-electron chi connectivity index (χ3n) is 4.22. The van der Waals surface area contributed by atoms with Crippen LogP contribution in [-0.2, 0) is 21.2 Å². The molecule has 6 heteroatoms. The number of carbonyl (C=O) groups is 1. The molecule has 0 aromatic heterocycles. The number of benzene rings is 2. The van der Waals surface area contributed by atoms with Gasteiger partial charge in [-0.05, 0) is 43.9 Å². The Balaban J connectivity index is 2.07. The van der Waals surface area contributed by atoms with Gasteiger partial charge >= 0.3 is 0 Å². The van der Waals surface area contributed by atoms with Crippen molar-refractivity contribution in [2.24, 2.45) is 0 Å². The maximum absolute atomic E-state index is 12.5. The van der Waals surface area contributed by atoms with Crippen LogP contribution in [0.1, 0.15) is 22.3 Å². The lowest BCUT2D eigenvalue weighted by Gasteiger charge is -2.20. The predicted molar refractivity (Wildman–Crippen MR) is 106 cm³/mol. The Hall–Kier alpha value is -2.18. The number of sulfonamides is 1. The SMILES string of the molecule is Cc1cc(C)c(NC(=O)CN(CCc2ccccc2)S(C)(=O)=O)c(C)c1. The zero-order valence-electron chi connectivity index (χ0n) is 15.7. The van der Waals surface area contributed by atoms with Crippen LogP contribution in [-0.4, -0.2) is 38.0 Å². The Morgan fingerprint density at radius 3 is 2.15 bits per heavy atom. The first kappa shape index (κ1) is 20.1. The molecule has 0 radical (unpaired) electrons. The average molecular weight is 375 g/mol. The lowest BCUT2D eigenvalue weighted by molar-refractivity contribution is -0.116. The highest BCUT2D eigenvalue weighted by Gasteiger charge is 2.20. The van der Waals surface area contributed by atoms with Gasteiger partial charge in [-0.3, -0.25) is 4.79 Å². The number of nitrogens with one attached hydrogen (secondary N) is 1. The maximum atomic E-state index is 12.5. The van der Waals surface area contributed by atoms with E-state index in [0.717, 1.165) is 34.2 Å². The molecule has 0 aliphatic carbocycles. The van der Waals surface area contributed by atoms with Gasteiger partial charge in [0.25, 0.3) is 0 Å². The molecule has 0 saturated heterocycles. The molecule has 0 atom stereocenters. The van der Waals surface area contributed by atoms with E-state index in [1.165, 1.54) is 4.31 Å². The minimum absolute atomic E-state index is 0.196. The Morgan fingerprint density at radius 2 is 1.62 bits per heavy atom. The van der Waals surface area contributed by atoms with Crippen molar-refractivity contribution < 1.29 is 13.2 Å². The molecule has 2 aromatic carbocycles. The first-order valence-corrected chi connectivity index (χ1v) is 10.4. The predicted octanol–water partition coefficient (Wildman–Crippen LogP) is 3.05. The summed E-state index contributed by atoms with van der Waals surface area (Å²) >= 11 is 0. The quantitative estimate of drug-likeness (QED) is 0.810. The van der Waals surface area contributed by atoms with Crippen molar-refractivity contribution in [3.63, 3.8) is 0 Å². The zero-order chi connectivity index (χ0) is 19.3. The minimum atomic E-state index is -3.48. The van der Waals surface area contributed by atoms with Gasteiger partial charge in [-0.15, -0.1) is 0 Å². The molecule has 0 spiro atoms. The number of amides is 1. The van der Waals surface area contributed by atoms with E-state index in [1.807, 2.05) is 63.2 Å². The Labute approximate surface area is 156 Å². The summed E-state index contributed by atoms with van der Waals surface area (Å²) in [5.41, 5.74) is 4.83. The van der Waals surface area contributed by atoms with Crippen LogP contribution >= 0.6 is 0 Å². The number of hydrogen-bond acceptors (Lipinski definition) is 3. The van der Waals surface area contributed by atoms with Crippen molar-refractivity contribution in [3.8, 4) is 0 Å². The van der Waals surface area contributed by atoms with E-state index in [2.05, 4.69) is 5.32 Å². The fourth-order valence-electron chi connectivity index (χ4n) is 2.98. The molecule has 0 fully saturated rings. The molecule has 0 bridgehead atoms. The molecule has 0 heterocycles. The highest BCUT2D eigenvalue weighted by atomic mass is 32.2. The van der Waals surface area contributed by atoms with Gasteiger partial charge in [-0.1, -0.05) is 48.0 Å². The molecule has 140 valence electrons. The zero-order valence-corrected chi connectivity index (χ0v) is 16.6. The fourth-order valence-corrected chi connectivity index (χ4v) is 3.75. The second-order valence-electron chi connectivity index (χ2n) is 6.65. The molecule has 0 saturated carbocycles. The fraction of sp³-hybridized carbons (Fsp3) is 0.350. The van der Waals surface area contributed by atoms with Crippen molar-refractivity contribution in [1.82, 2.24) is 4.31 Å². The van der Waals surface area contributed by atoms with E-state index in [-0.39, 0.29) is 19.0 Å². The van der Waals surface area contributed by atoms with Crippen LogP contribution in [0.3, 0.4) is 0 Å². The maximum Gasteiger partial charge on any atom is 0.239 e. The van der Waals surface area contributed by atoms with Gasteiger partial charge in [0.1, 0.15) is 0 Å². The summed E-state index contributed by atoms with van der Waals surface area (Å²) in [4.78, 5) is 12.5. The molecule has 0 aliphatic heterocycles. The molecular weight excluding hydrogens is 348 g/mol. The second kappa shape index (κ2) is 8.47. The average Bonchev–Trinajstić information content (AvgIpc) is 2.54. The molecule has 26 heavy (non-hydrogen) atoms. The van der Waals surface area contributed by atoms with Crippen molar-refractivity contribution in [1.29, 1.82) is 0 Å². The number of carbonyl (C=O) groups excluding carboxylic acids is 1. The van der Waals surface area contributed by atoms with Gasteiger partial charge in [0, 0.05) is 12.2 Å². The lowest BCUT2D eigenvalue weighted by atomic mass is 10.1. The van der Waals surface area contributed by atoms with E-state index < -0.39 is 10.0 Å². The lowest BCUT2D eigenvalue weighted by Crippen LogP contribution is -2.38. The summed E-state index contributed by atoms with van der Waals surface area (Å²) in [6, 6.07) is 13.6. The summed E-state index contributed by atoms with van der Waals surface area (Å²) in [7, 11) is -3.48. The van der Waals surface area contributed by atoms with Gasteiger partial charge in [-0.25, -0.2) is 8.42 Å². The van der Waals surface area contributed by atoms with Crippen molar-refractivity contribution in [3.05, 3.63) is 64.7 Å². The molecule has 0 unspecified atom stereocenters. The highest BCUT2D eigenvalue weighted by Crippen LogP contribution is 2.22. The Bertz CT molecular complexity index is 854. The van der Waals surface area contributed by atoms with Gasteiger partial charge in [0.05, 0.1) is 12.8 Å². The first-order chi connectivity index (χ1) is 12.2. The van der Waals surface area contributed by atoms with Crippen LogP contribution < -0.4 is 5.32 Å². The van der Waals surface area contributed by atoms with Gasteiger partial charge in [0.2, 0.25) is 15.9 Å². The molecule has 0 aliphatic rings. The smallest absolute Gasteiger partial charge is 0.239 e. The topological polar surface area (TPSA) is 66.5 Å². The van der Waals surface area contributed by atoms with Gasteiger partial charge < -0.3 is 5.32 Å². The highest BCUT2D eigenvalue weighted by molar-refractivity contribution is 7.88. The normalized spacial score (nSPS) is 11.6. The van der Waals surface area contributed by atoms with E-state index in [9.17, 15) is 13.2 Å². The van der Waals surface area contributed by atoms with Gasteiger partial charge in [0.15, 0.2) is 0 Å².